The van der Waals surface area contributed by atoms with Gasteiger partial charge in [0, 0.05) is 24.6 Å². The molecule has 1 unspecified atom stereocenters. The third-order valence-electron chi connectivity index (χ3n) is 3.07. The Morgan fingerprint density at radius 3 is 2.80 bits per heavy atom. The molecule has 1 atom stereocenters. The third kappa shape index (κ3) is 3.09. The minimum atomic E-state index is -1.15. The Bertz CT molecular complexity index is 517. The fraction of sp³-hybridized carbons (Fsp3) is 0.615. The summed E-state index contributed by atoms with van der Waals surface area (Å²) in [4.78, 5) is 24.5. The first-order valence-corrected chi connectivity index (χ1v) is 6.43. The average Bonchev–Trinajstić information content (AvgIpc) is 2.95. The summed E-state index contributed by atoms with van der Waals surface area (Å²) in [6.45, 7) is 6.36. The summed E-state index contributed by atoms with van der Waals surface area (Å²) in [7, 11) is 0. The molecule has 110 valence electrons. The molecular formula is C13H18N2O5. The molecule has 2 rings (SSSR count). The molecule has 0 aromatic carbocycles. The number of likely N-dealkylation sites (tertiary alicyclic amines) is 1. The molecule has 0 aliphatic carbocycles. The number of carbonyl (C=O) groups is 2. The van der Waals surface area contributed by atoms with E-state index in [1.54, 1.807) is 25.7 Å². The van der Waals surface area contributed by atoms with Gasteiger partial charge < -0.3 is 19.3 Å². The molecule has 7 nitrogen and oxygen atoms in total. The summed E-state index contributed by atoms with van der Waals surface area (Å²) in [5.74, 6) is -1.38. The van der Waals surface area contributed by atoms with Gasteiger partial charge in [0.05, 0.1) is 6.20 Å². The molecule has 0 saturated carbocycles. The molecule has 7 heteroatoms. The van der Waals surface area contributed by atoms with E-state index < -0.39 is 11.6 Å². The zero-order valence-electron chi connectivity index (χ0n) is 11.8. The SMILES string of the molecule is CC(C)(C)OC(=O)N1CCC(c2cnoc2C(=O)O)C1. The Morgan fingerprint density at radius 2 is 2.20 bits per heavy atom. The average molecular weight is 282 g/mol. The number of rotatable bonds is 2. The van der Waals surface area contributed by atoms with Crippen LogP contribution in [-0.4, -0.2) is 45.9 Å². The standard InChI is InChI=1S/C13H18N2O5/c1-13(2,3)19-12(18)15-5-4-8(7-15)9-6-14-20-10(9)11(16)17/h6,8H,4-5,7H2,1-3H3,(H,16,17). The molecule has 1 saturated heterocycles. The fourth-order valence-corrected chi connectivity index (χ4v) is 2.21. The van der Waals surface area contributed by atoms with Crippen molar-refractivity contribution in [2.45, 2.75) is 38.7 Å². The molecule has 1 N–H and O–H groups in total. The molecule has 0 spiro atoms. The van der Waals surface area contributed by atoms with Crippen molar-refractivity contribution in [3.8, 4) is 0 Å². The number of hydrogen-bond acceptors (Lipinski definition) is 5. The van der Waals surface area contributed by atoms with Crippen LogP contribution in [0.25, 0.3) is 0 Å². The molecule has 2 heterocycles. The maximum absolute atomic E-state index is 11.9. The number of hydrogen-bond donors (Lipinski definition) is 1. The van der Waals surface area contributed by atoms with Gasteiger partial charge >= 0.3 is 12.1 Å². The summed E-state index contributed by atoms with van der Waals surface area (Å²) in [5, 5.41) is 12.5. The molecule has 0 bridgehead atoms. The Hall–Kier alpha value is -2.05. The van der Waals surface area contributed by atoms with Gasteiger partial charge in [0.2, 0.25) is 5.76 Å². The van der Waals surface area contributed by atoms with Crippen LogP contribution in [0.5, 0.6) is 0 Å². The highest BCUT2D eigenvalue weighted by atomic mass is 16.6. The van der Waals surface area contributed by atoms with Crippen molar-refractivity contribution in [2.75, 3.05) is 13.1 Å². The lowest BCUT2D eigenvalue weighted by Crippen LogP contribution is -2.35. The first kappa shape index (κ1) is 14.4. The van der Waals surface area contributed by atoms with Crippen LogP contribution < -0.4 is 0 Å². The molecule has 1 aromatic rings. The number of aromatic nitrogens is 1. The van der Waals surface area contributed by atoms with Crippen molar-refractivity contribution in [3.05, 3.63) is 17.5 Å². The second-order valence-corrected chi connectivity index (χ2v) is 5.83. The number of ether oxygens (including phenoxy) is 1. The quantitative estimate of drug-likeness (QED) is 0.892. The first-order valence-electron chi connectivity index (χ1n) is 6.43. The number of carboxylic acids is 1. The Labute approximate surface area is 116 Å². The number of carboxylic acid groups (broad SMARTS) is 1. The van der Waals surface area contributed by atoms with E-state index in [0.717, 1.165) is 0 Å². The largest absolute Gasteiger partial charge is 0.475 e. The van der Waals surface area contributed by atoms with E-state index >= 15 is 0 Å². The summed E-state index contributed by atoms with van der Waals surface area (Å²) in [5.41, 5.74) is -0.0120. The molecular weight excluding hydrogens is 264 g/mol. The van der Waals surface area contributed by atoms with Crippen LogP contribution >= 0.6 is 0 Å². The van der Waals surface area contributed by atoms with E-state index in [1.165, 1.54) is 6.20 Å². The lowest BCUT2D eigenvalue weighted by molar-refractivity contribution is 0.0292. The molecule has 1 aliphatic rings. The lowest BCUT2D eigenvalue weighted by Gasteiger charge is -2.24. The third-order valence-corrected chi connectivity index (χ3v) is 3.07. The molecule has 1 fully saturated rings. The van der Waals surface area contributed by atoms with Gasteiger partial charge in [-0.2, -0.15) is 0 Å². The van der Waals surface area contributed by atoms with Crippen molar-refractivity contribution in [3.63, 3.8) is 0 Å². The van der Waals surface area contributed by atoms with E-state index in [0.29, 0.717) is 25.1 Å². The second-order valence-electron chi connectivity index (χ2n) is 5.83. The maximum Gasteiger partial charge on any atom is 0.410 e. The lowest BCUT2D eigenvalue weighted by atomic mass is 9.99. The first-order chi connectivity index (χ1) is 9.28. The molecule has 1 amide bonds. The summed E-state index contributed by atoms with van der Waals surface area (Å²) >= 11 is 0. The van der Waals surface area contributed by atoms with Gasteiger partial charge in [-0.05, 0) is 27.2 Å². The van der Waals surface area contributed by atoms with Gasteiger partial charge in [-0.15, -0.1) is 0 Å². The minimum absolute atomic E-state index is 0.0835. The van der Waals surface area contributed by atoms with Crippen LogP contribution in [0.1, 0.15) is 49.2 Å². The van der Waals surface area contributed by atoms with Crippen LogP contribution in [0.4, 0.5) is 4.79 Å². The van der Waals surface area contributed by atoms with Crippen molar-refractivity contribution in [1.82, 2.24) is 10.1 Å². The van der Waals surface area contributed by atoms with Gasteiger partial charge in [-0.1, -0.05) is 5.16 Å². The van der Waals surface area contributed by atoms with Gasteiger partial charge in [-0.3, -0.25) is 0 Å². The number of aromatic carboxylic acids is 1. The van der Waals surface area contributed by atoms with Crippen molar-refractivity contribution < 1.29 is 24.0 Å². The number of carbonyl (C=O) groups excluding carboxylic acids is 1. The predicted octanol–water partition coefficient (Wildman–Crippen LogP) is 2.10. The molecule has 1 aliphatic heterocycles. The van der Waals surface area contributed by atoms with E-state index in [2.05, 4.69) is 5.16 Å². The Morgan fingerprint density at radius 1 is 1.50 bits per heavy atom. The van der Waals surface area contributed by atoms with Gasteiger partial charge in [0.1, 0.15) is 5.60 Å². The van der Waals surface area contributed by atoms with Gasteiger partial charge in [0.15, 0.2) is 0 Å². The Kier molecular flexibility index (Phi) is 3.69. The zero-order valence-corrected chi connectivity index (χ0v) is 11.8. The fourth-order valence-electron chi connectivity index (χ4n) is 2.21. The summed E-state index contributed by atoms with van der Waals surface area (Å²) in [6, 6.07) is 0. The van der Waals surface area contributed by atoms with E-state index in [-0.39, 0.29) is 17.8 Å². The second kappa shape index (κ2) is 5.15. The molecule has 0 radical (unpaired) electrons. The maximum atomic E-state index is 11.9. The number of nitrogens with zero attached hydrogens (tertiary/aromatic N) is 2. The van der Waals surface area contributed by atoms with Crippen molar-refractivity contribution in [1.29, 1.82) is 0 Å². The van der Waals surface area contributed by atoms with Crippen LogP contribution in [0.3, 0.4) is 0 Å². The predicted molar refractivity (Wildman–Crippen MR) is 68.6 cm³/mol. The van der Waals surface area contributed by atoms with E-state index in [4.69, 9.17) is 14.4 Å². The van der Waals surface area contributed by atoms with Gasteiger partial charge in [0.25, 0.3) is 0 Å². The summed E-state index contributed by atoms with van der Waals surface area (Å²) < 4.78 is 10.0. The Balaban J connectivity index is 2.04. The van der Waals surface area contributed by atoms with Crippen LogP contribution in [0.2, 0.25) is 0 Å². The van der Waals surface area contributed by atoms with Crippen molar-refractivity contribution in [2.24, 2.45) is 0 Å². The van der Waals surface area contributed by atoms with Gasteiger partial charge in [-0.25, -0.2) is 9.59 Å². The normalized spacial score (nSPS) is 19.1. The topological polar surface area (TPSA) is 92.9 Å². The zero-order chi connectivity index (χ0) is 14.9. The van der Waals surface area contributed by atoms with Crippen LogP contribution in [0.15, 0.2) is 10.7 Å². The number of amides is 1. The van der Waals surface area contributed by atoms with Crippen molar-refractivity contribution >= 4 is 12.1 Å². The molecule has 20 heavy (non-hydrogen) atoms. The van der Waals surface area contributed by atoms with E-state index in [9.17, 15) is 9.59 Å². The highest BCUT2D eigenvalue weighted by molar-refractivity contribution is 5.86. The summed E-state index contributed by atoms with van der Waals surface area (Å²) in [6.07, 6.45) is 1.70. The smallest absolute Gasteiger partial charge is 0.410 e. The monoisotopic (exact) mass is 282 g/mol. The highest BCUT2D eigenvalue weighted by Crippen LogP contribution is 2.30. The van der Waals surface area contributed by atoms with Crippen LogP contribution in [-0.2, 0) is 4.74 Å². The highest BCUT2D eigenvalue weighted by Gasteiger charge is 2.34. The van der Waals surface area contributed by atoms with E-state index in [1.807, 2.05) is 0 Å². The minimum Gasteiger partial charge on any atom is -0.475 e. The molecule has 1 aromatic heterocycles. The van der Waals surface area contributed by atoms with Crippen LogP contribution in [0, 0.1) is 0 Å².